The Morgan fingerprint density at radius 2 is 2.00 bits per heavy atom. The number of aromatic nitrogens is 2. The minimum atomic E-state index is -4.89. The number of hydrogen-bond donors (Lipinski definition) is 0. The van der Waals surface area contributed by atoms with Gasteiger partial charge in [-0.15, -0.1) is 0 Å². The minimum Gasteiger partial charge on any atom is -0.446 e. The summed E-state index contributed by atoms with van der Waals surface area (Å²) in [5.41, 5.74) is -2.54. The summed E-state index contributed by atoms with van der Waals surface area (Å²) in [6.07, 6.45) is -4.39. The van der Waals surface area contributed by atoms with Crippen molar-refractivity contribution in [3.05, 3.63) is 46.4 Å². The lowest BCUT2D eigenvalue weighted by Gasteiger charge is -2.39. The first-order valence-corrected chi connectivity index (χ1v) is 9.09. The second-order valence-electron chi connectivity index (χ2n) is 6.79. The number of anilines is 1. The number of fused-ring (bicyclic) bond motifs is 2. The van der Waals surface area contributed by atoms with Crippen molar-refractivity contribution in [2.75, 3.05) is 11.5 Å². The lowest BCUT2D eigenvalue weighted by Crippen LogP contribution is -2.48. The first-order chi connectivity index (χ1) is 14.5. The fourth-order valence-electron chi connectivity index (χ4n) is 3.77. The number of carbonyl (C=O) groups is 2. The number of halogens is 6. The lowest BCUT2D eigenvalue weighted by atomic mass is 9.76. The highest BCUT2D eigenvalue weighted by Crippen LogP contribution is 2.49. The summed E-state index contributed by atoms with van der Waals surface area (Å²) in [6, 6.07) is 1.73. The first-order valence-electron chi connectivity index (χ1n) is 8.72. The molecule has 0 N–H and O–H groups in total. The minimum absolute atomic E-state index is 0.0122. The molecule has 31 heavy (non-hydrogen) atoms. The van der Waals surface area contributed by atoms with E-state index in [0.29, 0.717) is 12.3 Å². The molecule has 2 aromatic heterocycles. The van der Waals surface area contributed by atoms with E-state index in [1.807, 2.05) is 0 Å². The van der Waals surface area contributed by atoms with E-state index in [2.05, 4.69) is 14.7 Å². The van der Waals surface area contributed by atoms with E-state index in [0.717, 1.165) is 4.90 Å². The highest BCUT2D eigenvalue weighted by Gasteiger charge is 2.55. The summed E-state index contributed by atoms with van der Waals surface area (Å²) in [5.74, 6) is -1.94. The van der Waals surface area contributed by atoms with Gasteiger partial charge < -0.3 is 9.47 Å². The number of pyridine rings is 2. The van der Waals surface area contributed by atoms with Crippen molar-refractivity contribution in [3.63, 3.8) is 0 Å². The van der Waals surface area contributed by atoms with E-state index in [1.54, 1.807) is 0 Å². The Morgan fingerprint density at radius 1 is 1.26 bits per heavy atom. The van der Waals surface area contributed by atoms with Crippen LogP contribution < -0.4 is 9.64 Å². The quantitative estimate of drug-likeness (QED) is 0.489. The second-order valence-corrected chi connectivity index (χ2v) is 7.15. The molecule has 2 aliphatic rings. The Balaban J connectivity index is 1.92. The zero-order valence-corrected chi connectivity index (χ0v) is 16.0. The van der Waals surface area contributed by atoms with Crippen molar-refractivity contribution >= 4 is 29.3 Å². The van der Waals surface area contributed by atoms with Crippen LogP contribution in [0.2, 0.25) is 5.15 Å². The van der Waals surface area contributed by atoms with Crippen molar-refractivity contribution in [2.24, 2.45) is 0 Å². The molecule has 3 heterocycles. The molecule has 4 rings (SSSR count). The molecular weight excluding hydrogens is 453 g/mol. The monoisotopic (exact) mass is 463 g/mol. The Labute approximate surface area is 175 Å². The van der Waals surface area contributed by atoms with Crippen LogP contribution >= 0.6 is 11.6 Å². The van der Waals surface area contributed by atoms with Gasteiger partial charge in [0.05, 0.1) is 11.1 Å². The fraction of sp³-hybridized carbons (Fsp3) is 0.333. The first kappa shape index (κ1) is 21.2. The van der Waals surface area contributed by atoms with E-state index < -0.39 is 41.6 Å². The van der Waals surface area contributed by atoms with Gasteiger partial charge in [0, 0.05) is 18.8 Å². The number of ketones is 1. The SMILES string of the molecule is O=C1CC[C@@]2(COC(=O)N2c2ncc(C(F)(F)F)cc2OC(F)F)c2ccnc(Cl)c21. The highest BCUT2D eigenvalue weighted by atomic mass is 35.5. The maximum atomic E-state index is 13.1. The van der Waals surface area contributed by atoms with Gasteiger partial charge in [-0.3, -0.25) is 4.79 Å². The predicted molar refractivity (Wildman–Crippen MR) is 94.2 cm³/mol. The van der Waals surface area contributed by atoms with Crippen molar-refractivity contribution < 1.29 is 41.0 Å². The third kappa shape index (κ3) is 3.44. The zero-order valence-electron chi connectivity index (χ0n) is 15.3. The Hall–Kier alpha value is -3.02. The van der Waals surface area contributed by atoms with Gasteiger partial charge in [-0.2, -0.15) is 22.0 Å². The largest absolute Gasteiger partial charge is 0.446 e. The van der Waals surface area contributed by atoms with Crippen LogP contribution in [-0.4, -0.2) is 35.1 Å². The molecule has 1 aliphatic carbocycles. The molecule has 2 aromatic rings. The van der Waals surface area contributed by atoms with E-state index in [-0.39, 0.29) is 41.5 Å². The second kappa shape index (κ2) is 7.29. The number of cyclic esters (lactones) is 1. The van der Waals surface area contributed by atoms with Crippen LogP contribution in [-0.2, 0) is 16.5 Å². The molecular formula is C18H11ClF5N3O4. The van der Waals surface area contributed by atoms with Crippen molar-refractivity contribution in [2.45, 2.75) is 31.2 Å². The Kier molecular flexibility index (Phi) is 4.99. The maximum absolute atomic E-state index is 13.1. The molecule has 1 atom stereocenters. The molecule has 1 spiro atoms. The van der Waals surface area contributed by atoms with Crippen LogP contribution in [0.1, 0.15) is 34.3 Å². The zero-order chi connectivity index (χ0) is 22.6. The smallest absolute Gasteiger partial charge is 0.418 e. The van der Waals surface area contributed by atoms with Crippen LogP contribution in [0.15, 0.2) is 24.5 Å². The van der Waals surface area contributed by atoms with Gasteiger partial charge >= 0.3 is 18.9 Å². The molecule has 13 heteroatoms. The topological polar surface area (TPSA) is 81.6 Å². The van der Waals surface area contributed by atoms with Gasteiger partial charge in [0.2, 0.25) is 0 Å². The normalized spacial score (nSPS) is 20.9. The van der Waals surface area contributed by atoms with Gasteiger partial charge in [-0.05, 0) is 24.1 Å². The fourth-order valence-corrected chi connectivity index (χ4v) is 4.03. The number of carbonyl (C=O) groups excluding carboxylic acids is 2. The predicted octanol–water partition coefficient (Wildman–Crippen LogP) is 4.58. The summed E-state index contributed by atoms with van der Waals surface area (Å²) in [4.78, 5) is 33.3. The average Bonchev–Trinajstić information content (AvgIpc) is 3.01. The molecule has 1 aliphatic heterocycles. The van der Waals surface area contributed by atoms with Gasteiger partial charge in [0.1, 0.15) is 17.3 Å². The summed E-state index contributed by atoms with van der Waals surface area (Å²) < 4.78 is 74.5. The molecule has 0 saturated carbocycles. The molecule has 164 valence electrons. The number of nitrogens with zero attached hydrogens (tertiary/aromatic N) is 3. The van der Waals surface area contributed by atoms with Crippen LogP contribution in [0.5, 0.6) is 5.75 Å². The van der Waals surface area contributed by atoms with Crippen LogP contribution in [0, 0.1) is 0 Å². The maximum Gasteiger partial charge on any atom is 0.418 e. The Morgan fingerprint density at radius 3 is 2.68 bits per heavy atom. The average molecular weight is 464 g/mol. The lowest BCUT2D eigenvalue weighted by molar-refractivity contribution is -0.138. The van der Waals surface area contributed by atoms with E-state index in [1.165, 1.54) is 12.3 Å². The summed E-state index contributed by atoms with van der Waals surface area (Å²) >= 11 is 6.06. The molecule has 0 bridgehead atoms. The number of alkyl halides is 5. The molecule has 1 saturated heterocycles. The van der Waals surface area contributed by atoms with Gasteiger partial charge in [-0.1, -0.05) is 11.6 Å². The van der Waals surface area contributed by atoms with Gasteiger partial charge in [-0.25, -0.2) is 19.7 Å². The summed E-state index contributed by atoms with van der Waals surface area (Å²) in [7, 11) is 0. The van der Waals surface area contributed by atoms with Crippen molar-refractivity contribution in [3.8, 4) is 5.75 Å². The number of Topliss-reactive ketones (excluding diaryl/α,β-unsaturated/α-hetero) is 1. The van der Waals surface area contributed by atoms with Crippen LogP contribution in [0.3, 0.4) is 0 Å². The number of ether oxygens (including phenoxy) is 2. The van der Waals surface area contributed by atoms with Gasteiger partial charge in [0.25, 0.3) is 0 Å². The summed E-state index contributed by atoms with van der Waals surface area (Å²) in [6.45, 7) is -3.80. The Bertz CT molecular complexity index is 1080. The standard InChI is InChI=1S/C18H11ClF5N3O4/c19-13-12-9(2-4-25-13)17(3-1-10(12)28)7-30-16(29)27(17)14-11(31-15(20)21)5-8(6-26-14)18(22,23)24/h2,4-6,15H,1,3,7H2/t17-/m1/s1. The highest BCUT2D eigenvalue weighted by molar-refractivity contribution is 6.33. The van der Waals surface area contributed by atoms with Crippen LogP contribution in [0.4, 0.5) is 32.6 Å². The third-order valence-corrected chi connectivity index (χ3v) is 5.37. The molecule has 7 nitrogen and oxygen atoms in total. The van der Waals surface area contributed by atoms with Crippen molar-refractivity contribution in [1.29, 1.82) is 0 Å². The molecule has 1 amide bonds. The van der Waals surface area contributed by atoms with Gasteiger partial charge in [0.15, 0.2) is 17.4 Å². The third-order valence-electron chi connectivity index (χ3n) is 5.08. The number of amides is 1. The number of hydrogen-bond acceptors (Lipinski definition) is 6. The van der Waals surface area contributed by atoms with E-state index in [9.17, 15) is 31.5 Å². The van der Waals surface area contributed by atoms with E-state index in [4.69, 9.17) is 16.3 Å². The van der Waals surface area contributed by atoms with E-state index >= 15 is 0 Å². The van der Waals surface area contributed by atoms with Crippen molar-refractivity contribution in [1.82, 2.24) is 9.97 Å². The number of rotatable bonds is 3. The molecule has 0 radical (unpaired) electrons. The molecule has 0 aromatic carbocycles. The molecule has 1 fully saturated rings. The summed E-state index contributed by atoms with van der Waals surface area (Å²) in [5, 5.41) is -0.134. The van der Waals surface area contributed by atoms with Crippen LogP contribution in [0.25, 0.3) is 0 Å². The molecule has 0 unspecified atom stereocenters.